The van der Waals surface area contributed by atoms with Crippen molar-refractivity contribution in [3.05, 3.63) is 0 Å². The minimum atomic E-state index is 0.664. The van der Waals surface area contributed by atoms with Crippen molar-refractivity contribution in [3.8, 4) is 0 Å². The largest absolute Gasteiger partial charge is 0.380 e. The summed E-state index contributed by atoms with van der Waals surface area (Å²) >= 11 is 0. The van der Waals surface area contributed by atoms with E-state index in [4.69, 9.17) is 4.74 Å². The molecule has 0 aromatic heterocycles. The summed E-state index contributed by atoms with van der Waals surface area (Å²) in [6.07, 6.45) is 1.22. The van der Waals surface area contributed by atoms with Gasteiger partial charge in [0.15, 0.2) is 0 Å². The van der Waals surface area contributed by atoms with Crippen molar-refractivity contribution < 1.29 is 4.74 Å². The molecular formula is C13H28N2O. The van der Waals surface area contributed by atoms with E-state index in [0.717, 1.165) is 26.3 Å². The van der Waals surface area contributed by atoms with Crippen molar-refractivity contribution in [1.82, 2.24) is 10.2 Å². The summed E-state index contributed by atoms with van der Waals surface area (Å²) in [5, 5.41) is 3.64. The average Bonchev–Trinajstić information content (AvgIpc) is 2.29. The van der Waals surface area contributed by atoms with Crippen LogP contribution in [0.5, 0.6) is 0 Å². The van der Waals surface area contributed by atoms with Crippen LogP contribution in [0.4, 0.5) is 0 Å². The first-order valence-electron chi connectivity index (χ1n) is 6.74. The van der Waals surface area contributed by atoms with Gasteiger partial charge in [0.05, 0.1) is 6.61 Å². The third kappa shape index (κ3) is 4.04. The molecule has 0 spiro atoms. The van der Waals surface area contributed by atoms with Crippen LogP contribution in [0.25, 0.3) is 0 Å². The van der Waals surface area contributed by atoms with E-state index >= 15 is 0 Å². The van der Waals surface area contributed by atoms with Crippen LogP contribution in [0.2, 0.25) is 0 Å². The quantitative estimate of drug-likeness (QED) is 0.701. The van der Waals surface area contributed by atoms with Gasteiger partial charge in [-0.1, -0.05) is 20.8 Å². The number of hydrogen-bond donors (Lipinski definition) is 1. The molecule has 1 aliphatic heterocycles. The third-order valence-electron chi connectivity index (χ3n) is 3.53. The Kier molecular flexibility index (Phi) is 6.32. The first-order chi connectivity index (χ1) is 7.69. The smallest absolute Gasteiger partial charge is 0.0593 e. The molecule has 1 saturated heterocycles. The van der Waals surface area contributed by atoms with E-state index in [1.165, 1.54) is 13.0 Å². The Hall–Kier alpha value is -0.120. The van der Waals surface area contributed by atoms with Crippen LogP contribution < -0.4 is 5.32 Å². The molecule has 0 radical (unpaired) electrons. The van der Waals surface area contributed by atoms with Gasteiger partial charge < -0.3 is 10.1 Å². The van der Waals surface area contributed by atoms with Gasteiger partial charge in [0.2, 0.25) is 0 Å². The Bertz CT molecular complexity index is 185. The van der Waals surface area contributed by atoms with Crippen molar-refractivity contribution in [2.24, 2.45) is 5.92 Å². The van der Waals surface area contributed by atoms with Gasteiger partial charge in [0.25, 0.3) is 0 Å². The molecule has 1 aliphatic rings. The lowest BCUT2D eigenvalue weighted by molar-refractivity contribution is 0.0535. The first-order valence-corrected chi connectivity index (χ1v) is 6.74. The molecule has 1 rings (SSSR count). The zero-order chi connectivity index (χ0) is 12.0. The molecule has 0 aromatic carbocycles. The van der Waals surface area contributed by atoms with Crippen LogP contribution in [-0.4, -0.2) is 49.8 Å². The number of piperazine rings is 1. The van der Waals surface area contributed by atoms with Gasteiger partial charge in [-0.05, 0) is 19.3 Å². The van der Waals surface area contributed by atoms with Crippen LogP contribution in [0, 0.1) is 5.92 Å². The van der Waals surface area contributed by atoms with Gasteiger partial charge in [-0.3, -0.25) is 4.90 Å². The van der Waals surface area contributed by atoms with Crippen molar-refractivity contribution in [2.75, 3.05) is 32.8 Å². The number of nitrogens with zero attached hydrogens (tertiary/aromatic N) is 1. The second-order valence-corrected chi connectivity index (χ2v) is 5.02. The van der Waals surface area contributed by atoms with E-state index in [0.29, 0.717) is 18.0 Å². The maximum Gasteiger partial charge on any atom is 0.0593 e. The Balaban J connectivity index is 2.43. The van der Waals surface area contributed by atoms with E-state index < -0.39 is 0 Å². The van der Waals surface area contributed by atoms with Crippen LogP contribution in [0.1, 0.15) is 34.1 Å². The highest BCUT2D eigenvalue weighted by Crippen LogP contribution is 2.15. The molecule has 3 heteroatoms. The summed E-state index contributed by atoms with van der Waals surface area (Å²) in [6, 6.07) is 1.33. The highest BCUT2D eigenvalue weighted by molar-refractivity contribution is 4.87. The van der Waals surface area contributed by atoms with Gasteiger partial charge in [0.1, 0.15) is 0 Å². The first kappa shape index (κ1) is 13.9. The van der Waals surface area contributed by atoms with Crippen LogP contribution in [-0.2, 0) is 4.74 Å². The number of hydrogen-bond acceptors (Lipinski definition) is 3. The van der Waals surface area contributed by atoms with Crippen molar-refractivity contribution >= 4 is 0 Å². The Morgan fingerprint density at radius 2 is 2.12 bits per heavy atom. The van der Waals surface area contributed by atoms with E-state index in [1.807, 2.05) is 0 Å². The zero-order valence-corrected chi connectivity index (χ0v) is 11.3. The SMILES string of the molecule is CCOCCN1CC(CC)NCC1C(C)C. The molecule has 1 fully saturated rings. The fourth-order valence-electron chi connectivity index (χ4n) is 2.41. The maximum absolute atomic E-state index is 5.47. The normalized spacial score (nSPS) is 27.6. The van der Waals surface area contributed by atoms with Crippen LogP contribution in [0.15, 0.2) is 0 Å². The highest BCUT2D eigenvalue weighted by Gasteiger charge is 2.28. The third-order valence-corrected chi connectivity index (χ3v) is 3.53. The molecule has 2 atom stereocenters. The molecule has 96 valence electrons. The van der Waals surface area contributed by atoms with Gasteiger partial charge in [0, 0.05) is 38.3 Å². The predicted octanol–water partition coefficient (Wildman–Crippen LogP) is 1.73. The van der Waals surface area contributed by atoms with E-state index in [-0.39, 0.29) is 0 Å². The summed E-state index contributed by atoms with van der Waals surface area (Å²) in [5.74, 6) is 0.715. The fourth-order valence-corrected chi connectivity index (χ4v) is 2.41. The number of nitrogens with one attached hydrogen (secondary N) is 1. The molecular weight excluding hydrogens is 200 g/mol. The predicted molar refractivity (Wildman–Crippen MR) is 68.8 cm³/mol. The average molecular weight is 228 g/mol. The molecule has 1 heterocycles. The summed E-state index contributed by atoms with van der Waals surface area (Å²) in [7, 11) is 0. The van der Waals surface area contributed by atoms with Crippen LogP contribution in [0.3, 0.4) is 0 Å². The summed E-state index contributed by atoms with van der Waals surface area (Å²) in [4.78, 5) is 2.60. The zero-order valence-electron chi connectivity index (χ0n) is 11.3. The lowest BCUT2D eigenvalue weighted by Gasteiger charge is -2.42. The molecule has 0 amide bonds. The van der Waals surface area contributed by atoms with Gasteiger partial charge in [-0.15, -0.1) is 0 Å². The van der Waals surface area contributed by atoms with Gasteiger partial charge >= 0.3 is 0 Å². The molecule has 0 saturated carbocycles. The van der Waals surface area contributed by atoms with Crippen molar-refractivity contribution in [1.29, 1.82) is 0 Å². The summed E-state index contributed by atoms with van der Waals surface area (Å²) < 4.78 is 5.47. The molecule has 3 nitrogen and oxygen atoms in total. The second-order valence-electron chi connectivity index (χ2n) is 5.02. The Morgan fingerprint density at radius 1 is 1.38 bits per heavy atom. The molecule has 0 bridgehead atoms. The van der Waals surface area contributed by atoms with Gasteiger partial charge in [-0.25, -0.2) is 0 Å². The van der Waals surface area contributed by atoms with Crippen molar-refractivity contribution in [2.45, 2.75) is 46.2 Å². The Labute approximate surface area is 101 Å². The van der Waals surface area contributed by atoms with E-state index in [1.54, 1.807) is 0 Å². The van der Waals surface area contributed by atoms with E-state index in [9.17, 15) is 0 Å². The molecule has 0 aliphatic carbocycles. The fraction of sp³-hybridized carbons (Fsp3) is 1.00. The minimum absolute atomic E-state index is 0.664. The molecule has 1 N–H and O–H groups in total. The lowest BCUT2D eigenvalue weighted by atomic mass is 9.98. The minimum Gasteiger partial charge on any atom is -0.380 e. The second kappa shape index (κ2) is 7.25. The van der Waals surface area contributed by atoms with Crippen LogP contribution >= 0.6 is 0 Å². The standard InChI is InChI=1S/C13H28N2O/c1-5-12-10-15(7-8-16-6-2)13(9-14-12)11(3)4/h11-14H,5-10H2,1-4H3. The number of rotatable bonds is 6. The summed E-state index contributed by atoms with van der Waals surface area (Å²) in [5.41, 5.74) is 0. The topological polar surface area (TPSA) is 24.5 Å². The number of ether oxygens (including phenoxy) is 1. The van der Waals surface area contributed by atoms with Crippen molar-refractivity contribution in [3.63, 3.8) is 0 Å². The van der Waals surface area contributed by atoms with E-state index in [2.05, 4.69) is 37.9 Å². The summed E-state index contributed by atoms with van der Waals surface area (Å²) in [6.45, 7) is 14.0. The lowest BCUT2D eigenvalue weighted by Crippen LogP contribution is -2.58. The Morgan fingerprint density at radius 3 is 2.69 bits per heavy atom. The molecule has 16 heavy (non-hydrogen) atoms. The molecule has 0 aromatic rings. The molecule has 2 unspecified atom stereocenters. The maximum atomic E-state index is 5.47. The van der Waals surface area contributed by atoms with Gasteiger partial charge in [-0.2, -0.15) is 0 Å². The highest BCUT2D eigenvalue weighted by atomic mass is 16.5. The monoisotopic (exact) mass is 228 g/mol.